The lowest BCUT2D eigenvalue weighted by atomic mass is 10.0. The lowest BCUT2D eigenvalue weighted by Crippen LogP contribution is -2.44. The van der Waals surface area contributed by atoms with Crippen LogP contribution in [0.1, 0.15) is 6.42 Å². The van der Waals surface area contributed by atoms with E-state index in [2.05, 4.69) is 16.8 Å². The van der Waals surface area contributed by atoms with Gasteiger partial charge in [0.25, 0.3) is 0 Å². The van der Waals surface area contributed by atoms with Crippen molar-refractivity contribution in [2.24, 2.45) is 0 Å². The molecule has 0 unspecified atom stereocenters. The second-order valence-corrected chi connectivity index (χ2v) is 7.69. The molecular weight excluding hydrogens is 384 g/mol. The number of phenols is 2. The van der Waals surface area contributed by atoms with Crippen LogP contribution in [0.4, 0.5) is 0 Å². The zero-order chi connectivity index (χ0) is 21.1. The Kier molecular flexibility index (Phi) is 5.92. The number of ether oxygens (including phenoxy) is 1. The molecule has 0 aliphatic carbocycles. The molecule has 1 fully saturated rings. The molecule has 0 atom stereocenters. The third-order valence-electron chi connectivity index (χ3n) is 5.49. The molecule has 4 rings (SSSR count). The molecule has 1 saturated heterocycles. The maximum Gasteiger partial charge on any atom is 0.204 e. The van der Waals surface area contributed by atoms with Gasteiger partial charge in [-0.2, -0.15) is 0 Å². The number of hydrogen-bond donors (Lipinski definition) is 2. The molecule has 0 amide bonds. The van der Waals surface area contributed by atoms with E-state index in [9.17, 15) is 15.0 Å². The van der Waals surface area contributed by atoms with E-state index in [-0.39, 0.29) is 27.9 Å². The summed E-state index contributed by atoms with van der Waals surface area (Å²) in [5, 5.41) is 19.6. The molecule has 2 N–H and O–H groups in total. The van der Waals surface area contributed by atoms with E-state index in [4.69, 9.17) is 9.15 Å². The van der Waals surface area contributed by atoms with Crippen LogP contribution >= 0.6 is 0 Å². The largest absolute Gasteiger partial charge is 0.508 e. The highest BCUT2D eigenvalue weighted by atomic mass is 16.5. The minimum Gasteiger partial charge on any atom is -0.508 e. The summed E-state index contributed by atoms with van der Waals surface area (Å²) >= 11 is 0. The van der Waals surface area contributed by atoms with Crippen molar-refractivity contribution in [1.82, 2.24) is 9.80 Å². The molecular formula is C23H26N2O5. The molecule has 7 nitrogen and oxygen atoms in total. The van der Waals surface area contributed by atoms with Gasteiger partial charge in [0.05, 0.1) is 12.2 Å². The fourth-order valence-corrected chi connectivity index (χ4v) is 3.70. The number of fused-ring (bicyclic) bond motifs is 1. The van der Waals surface area contributed by atoms with Crippen LogP contribution in [0.15, 0.2) is 51.9 Å². The topological polar surface area (TPSA) is 86.4 Å². The van der Waals surface area contributed by atoms with E-state index in [1.165, 1.54) is 12.3 Å². The number of hydrogen-bond acceptors (Lipinski definition) is 7. The summed E-state index contributed by atoms with van der Waals surface area (Å²) in [5.74, 6) is 0.279. The fourth-order valence-electron chi connectivity index (χ4n) is 3.70. The Morgan fingerprint density at radius 1 is 1.07 bits per heavy atom. The third-order valence-corrected chi connectivity index (χ3v) is 5.49. The zero-order valence-electron chi connectivity index (χ0n) is 17.0. The Balaban J connectivity index is 1.39. The smallest absolute Gasteiger partial charge is 0.204 e. The molecule has 3 aromatic rings. The minimum atomic E-state index is -0.352. The van der Waals surface area contributed by atoms with Crippen molar-refractivity contribution >= 4 is 11.0 Å². The fraction of sp³-hybridized carbons (Fsp3) is 0.348. The molecule has 0 saturated carbocycles. The lowest BCUT2D eigenvalue weighted by Gasteiger charge is -2.32. The third kappa shape index (κ3) is 4.42. The minimum absolute atomic E-state index is 0.0505. The summed E-state index contributed by atoms with van der Waals surface area (Å²) in [6, 6.07) is 9.68. The SMILES string of the molecule is CN1CCN(CCCOc2ccc(-c3coc4cc(O)cc(O)c4c3=O)cc2)CC1. The van der Waals surface area contributed by atoms with Crippen molar-refractivity contribution in [2.75, 3.05) is 46.4 Å². The first-order valence-electron chi connectivity index (χ1n) is 10.1. The van der Waals surface area contributed by atoms with Crippen molar-refractivity contribution in [3.05, 3.63) is 52.9 Å². The first-order valence-corrected chi connectivity index (χ1v) is 10.1. The van der Waals surface area contributed by atoms with Gasteiger partial charge in [-0.1, -0.05) is 12.1 Å². The summed E-state index contributed by atoms with van der Waals surface area (Å²) < 4.78 is 11.3. The molecule has 0 bridgehead atoms. The number of phenolic OH excluding ortho intramolecular Hbond substituents is 2. The Hall–Kier alpha value is -3.03. The number of likely N-dealkylation sites (N-methyl/N-ethyl adjacent to an activating group) is 1. The average Bonchev–Trinajstić information content (AvgIpc) is 2.73. The quantitative estimate of drug-likeness (QED) is 0.604. The summed E-state index contributed by atoms with van der Waals surface area (Å²) in [5.41, 5.74) is 0.796. The number of piperazine rings is 1. The molecule has 7 heteroatoms. The summed E-state index contributed by atoms with van der Waals surface area (Å²) in [6.45, 7) is 6.11. The van der Waals surface area contributed by atoms with Crippen LogP contribution in [-0.2, 0) is 0 Å². The number of benzene rings is 2. The van der Waals surface area contributed by atoms with Gasteiger partial charge >= 0.3 is 0 Å². The maximum atomic E-state index is 12.8. The van der Waals surface area contributed by atoms with Crippen LogP contribution in [-0.4, -0.2) is 66.4 Å². The van der Waals surface area contributed by atoms with Crippen LogP contribution in [0, 0.1) is 0 Å². The number of nitrogens with zero attached hydrogens (tertiary/aromatic N) is 2. The predicted molar refractivity (Wildman–Crippen MR) is 115 cm³/mol. The van der Waals surface area contributed by atoms with Gasteiger partial charge in [-0.05, 0) is 31.2 Å². The van der Waals surface area contributed by atoms with Gasteiger partial charge in [-0.15, -0.1) is 0 Å². The molecule has 1 aliphatic rings. The van der Waals surface area contributed by atoms with E-state index in [0.717, 1.165) is 51.0 Å². The normalized spacial score (nSPS) is 15.5. The lowest BCUT2D eigenvalue weighted by molar-refractivity contribution is 0.145. The van der Waals surface area contributed by atoms with Crippen molar-refractivity contribution in [2.45, 2.75) is 6.42 Å². The molecule has 2 heterocycles. The maximum absolute atomic E-state index is 12.8. The predicted octanol–water partition coefficient (Wildman–Crippen LogP) is 2.89. The summed E-state index contributed by atoms with van der Waals surface area (Å²) in [6.07, 6.45) is 2.31. The first kappa shape index (κ1) is 20.3. The first-order chi connectivity index (χ1) is 14.5. The highest BCUT2D eigenvalue weighted by molar-refractivity contribution is 5.87. The summed E-state index contributed by atoms with van der Waals surface area (Å²) in [4.78, 5) is 17.6. The molecule has 2 aromatic carbocycles. The second kappa shape index (κ2) is 8.77. The van der Waals surface area contributed by atoms with Crippen LogP contribution in [0.25, 0.3) is 22.1 Å². The Morgan fingerprint density at radius 3 is 2.53 bits per heavy atom. The number of aromatic hydroxyl groups is 2. The highest BCUT2D eigenvalue weighted by Crippen LogP contribution is 2.30. The van der Waals surface area contributed by atoms with E-state index in [1.807, 2.05) is 12.1 Å². The van der Waals surface area contributed by atoms with Gasteiger partial charge in [-0.3, -0.25) is 4.79 Å². The monoisotopic (exact) mass is 410 g/mol. The van der Waals surface area contributed by atoms with Crippen molar-refractivity contribution < 1.29 is 19.4 Å². The van der Waals surface area contributed by atoms with E-state index < -0.39 is 0 Å². The van der Waals surface area contributed by atoms with Gasteiger partial charge < -0.3 is 29.2 Å². The van der Waals surface area contributed by atoms with Gasteiger partial charge in [-0.25, -0.2) is 0 Å². The van der Waals surface area contributed by atoms with Gasteiger partial charge in [0.2, 0.25) is 5.43 Å². The van der Waals surface area contributed by atoms with E-state index >= 15 is 0 Å². The molecule has 1 aromatic heterocycles. The zero-order valence-corrected chi connectivity index (χ0v) is 17.0. The van der Waals surface area contributed by atoms with Crippen LogP contribution in [0.3, 0.4) is 0 Å². The molecule has 30 heavy (non-hydrogen) atoms. The van der Waals surface area contributed by atoms with E-state index in [1.54, 1.807) is 12.1 Å². The van der Waals surface area contributed by atoms with Crippen molar-refractivity contribution in [1.29, 1.82) is 0 Å². The van der Waals surface area contributed by atoms with Crippen LogP contribution in [0.2, 0.25) is 0 Å². The molecule has 158 valence electrons. The van der Waals surface area contributed by atoms with Crippen LogP contribution in [0.5, 0.6) is 17.2 Å². The van der Waals surface area contributed by atoms with Crippen molar-refractivity contribution in [3.8, 4) is 28.4 Å². The van der Waals surface area contributed by atoms with Crippen LogP contribution < -0.4 is 10.2 Å². The Bertz CT molecular complexity index is 1070. The van der Waals surface area contributed by atoms with Crippen molar-refractivity contribution in [3.63, 3.8) is 0 Å². The molecule has 1 aliphatic heterocycles. The van der Waals surface area contributed by atoms with E-state index in [0.29, 0.717) is 17.7 Å². The second-order valence-electron chi connectivity index (χ2n) is 7.69. The van der Waals surface area contributed by atoms with Gasteiger partial charge in [0, 0.05) is 44.9 Å². The summed E-state index contributed by atoms with van der Waals surface area (Å²) in [7, 11) is 2.15. The van der Waals surface area contributed by atoms with Gasteiger partial charge in [0.15, 0.2) is 0 Å². The number of rotatable bonds is 6. The highest BCUT2D eigenvalue weighted by Gasteiger charge is 2.15. The molecule has 0 radical (unpaired) electrons. The molecule has 0 spiro atoms. The Labute approximate surface area is 174 Å². The standard InChI is InChI=1S/C23H26N2O5/c1-24-8-10-25(11-9-24)7-2-12-29-18-5-3-16(4-6-18)19-15-30-21-14-17(26)13-20(27)22(21)23(19)28/h3-6,13-15,26-27H,2,7-12H2,1H3. The Morgan fingerprint density at radius 2 is 1.80 bits per heavy atom. The van der Waals surface area contributed by atoms with Gasteiger partial charge in [0.1, 0.15) is 34.5 Å². The average molecular weight is 410 g/mol.